The minimum Gasteiger partial charge on any atom is -0.268 e. The monoisotopic (exact) mass is 261 g/mol. The summed E-state index contributed by atoms with van der Waals surface area (Å²) in [4.78, 5) is 26.1. The van der Waals surface area contributed by atoms with E-state index in [1.807, 2.05) is 18.2 Å². The van der Waals surface area contributed by atoms with Crippen molar-refractivity contribution in [2.24, 2.45) is 0 Å². The van der Waals surface area contributed by atoms with Crippen molar-refractivity contribution in [3.05, 3.63) is 70.8 Å². The van der Waals surface area contributed by atoms with Gasteiger partial charge in [0, 0.05) is 0 Å². The number of amides is 2. The number of carbonyl (C=O) groups is 2. The normalized spacial score (nSPS) is 15.7. The fourth-order valence-electron chi connectivity index (χ4n) is 2.81. The zero-order valence-electron chi connectivity index (χ0n) is 10.7. The third-order valence-corrected chi connectivity index (χ3v) is 3.81. The summed E-state index contributed by atoms with van der Waals surface area (Å²) in [6.45, 7) is 0. The highest BCUT2D eigenvalue weighted by atomic mass is 16.2. The average molecular weight is 261 g/mol. The van der Waals surface area contributed by atoms with E-state index in [1.54, 1.807) is 24.3 Å². The van der Waals surface area contributed by atoms with Crippen LogP contribution < -0.4 is 4.90 Å². The molecule has 2 aromatic carbocycles. The number of imide groups is 1. The lowest BCUT2D eigenvalue weighted by molar-refractivity contribution is 0.0926. The topological polar surface area (TPSA) is 37.4 Å². The molecule has 2 amide bonds. The summed E-state index contributed by atoms with van der Waals surface area (Å²) >= 11 is 0. The minimum atomic E-state index is -0.239. The molecule has 0 fully saturated rings. The minimum absolute atomic E-state index is 0.239. The number of hydrogen-bond acceptors (Lipinski definition) is 2. The Bertz CT molecular complexity index is 754. The van der Waals surface area contributed by atoms with E-state index in [2.05, 4.69) is 12.2 Å². The molecule has 0 spiro atoms. The molecular formula is C17H11NO2. The second kappa shape index (κ2) is 3.90. The molecule has 0 radical (unpaired) electrons. The molecule has 2 aliphatic rings. The summed E-state index contributed by atoms with van der Waals surface area (Å²) in [5.41, 5.74) is 3.93. The third kappa shape index (κ3) is 1.40. The summed E-state index contributed by atoms with van der Waals surface area (Å²) in [5.74, 6) is -0.479. The summed E-state index contributed by atoms with van der Waals surface area (Å²) in [6, 6.07) is 12.7. The molecule has 1 aliphatic heterocycles. The number of benzene rings is 2. The third-order valence-electron chi connectivity index (χ3n) is 3.81. The lowest BCUT2D eigenvalue weighted by atomic mass is 10.1. The van der Waals surface area contributed by atoms with E-state index >= 15 is 0 Å². The van der Waals surface area contributed by atoms with E-state index in [1.165, 1.54) is 4.90 Å². The first-order chi connectivity index (χ1) is 9.75. The van der Waals surface area contributed by atoms with Gasteiger partial charge in [0.15, 0.2) is 0 Å². The maximum atomic E-state index is 12.4. The quantitative estimate of drug-likeness (QED) is 0.740. The molecule has 96 valence electrons. The van der Waals surface area contributed by atoms with Gasteiger partial charge >= 0.3 is 0 Å². The van der Waals surface area contributed by atoms with Gasteiger partial charge in [-0.25, -0.2) is 4.90 Å². The van der Waals surface area contributed by atoms with Crippen molar-refractivity contribution in [3.63, 3.8) is 0 Å². The lowest BCUT2D eigenvalue weighted by Gasteiger charge is -2.15. The lowest BCUT2D eigenvalue weighted by Crippen LogP contribution is -2.29. The Kier molecular flexibility index (Phi) is 2.18. The van der Waals surface area contributed by atoms with Crippen molar-refractivity contribution in [3.8, 4) is 0 Å². The fraction of sp³-hybridized carbons (Fsp3) is 0.0588. The Hall–Kier alpha value is -2.68. The zero-order chi connectivity index (χ0) is 13.7. The van der Waals surface area contributed by atoms with Gasteiger partial charge in [0.2, 0.25) is 0 Å². The predicted molar refractivity (Wildman–Crippen MR) is 76.8 cm³/mol. The van der Waals surface area contributed by atoms with Crippen LogP contribution >= 0.6 is 0 Å². The van der Waals surface area contributed by atoms with E-state index in [0.29, 0.717) is 16.8 Å². The molecular weight excluding hydrogens is 250 g/mol. The Labute approximate surface area is 116 Å². The van der Waals surface area contributed by atoms with E-state index < -0.39 is 0 Å². The summed E-state index contributed by atoms with van der Waals surface area (Å²) in [7, 11) is 0. The molecule has 1 aliphatic carbocycles. The van der Waals surface area contributed by atoms with Crippen LogP contribution in [0.25, 0.3) is 6.08 Å². The van der Waals surface area contributed by atoms with E-state index in [-0.39, 0.29) is 11.8 Å². The number of hydrogen-bond donors (Lipinski definition) is 0. The standard InChI is InChI=1S/C17H11NO2/c19-16-14-6-1-2-7-15(14)17(20)18(16)13-9-8-11-4-3-5-12(11)10-13/h1-4,6-10H,5H2. The molecule has 0 aromatic heterocycles. The second-order valence-corrected chi connectivity index (χ2v) is 4.98. The highest BCUT2D eigenvalue weighted by molar-refractivity contribution is 6.34. The molecule has 1 heterocycles. The van der Waals surface area contributed by atoms with Gasteiger partial charge in [0.05, 0.1) is 16.8 Å². The molecule has 20 heavy (non-hydrogen) atoms. The molecule has 0 saturated heterocycles. The number of rotatable bonds is 1. The van der Waals surface area contributed by atoms with Crippen LogP contribution in [0.4, 0.5) is 5.69 Å². The molecule has 0 saturated carbocycles. The molecule has 0 bridgehead atoms. The first-order valence-corrected chi connectivity index (χ1v) is 6.53. The molecule has 0 N–H and O–H groups in total. The van der Waals surface area contributed by atoms with Crippen molar-refractivity contribution in [1.82, 2.24) is 0 Å². The average Bonchev–Trinajstić information content (AvgIpc) is 3.03. The van der Waals surface area contributed by atoms with Gasteiger partial charge in [-0.2, -0.15) is 0 Å². The van der Waals surface area contributed by atoms with Crippen LogP contribution in [0.3, 0.4) is 0 Å². The molecule has 4 rings (SSSR count). The number of fused-ring (bicyclic) bond motifs is 2. The summed E-state index contributed by atoms with van der Waals surface area (Å²) in [6.07, 6.45) is 4.99. The van der Waals surface area contributed by atoms with Gasteiger partial charge < -0.3 is 0 Å². The van der Waals surface area contributed by atoms with Gasteiger partial charge in [0.1, 0.15) is 0 Å². The maximum absolute atomic E-state index is 12.4. The van der Waals surface area contributed by atoms with Gasteiger partial charge in [-0.3, -0.25) is 9.59 Å². The van der Waals surface area contributed by atoms with Crippen molar-refractivity contribution >= 4 is 23.6 Å². The second-order valence-electron chi connectivity index (χ2n) is 4.98. The number of anilines is 1. The van der Waals surface area contributed by atoms with E-state index in [4.69, 9.17) is 0 Å². The SMILES string of the molecule is O=C1c2ccccc2C(=O)N1c1ccc2c(c1)CC=C2. The smallest absolute Gasteiger partial charge is 0.266 e. The molecule has 0 unspecified atom stereocenters. The fourth-order valence-corrected chi connectivity index (χ4v) is 2.81. The molecule has 2 aromatic rings. The van der Waals surface area contributed by atoms with Gasteiger partial charge in [0.25, 0.3) is 11.8 Å². The van der Waals surface area contributed by atoms with Crippen molar-refractivity contribution in [2.45, 2.75) is 6.42 Å². The molecule has 3 heteroatoms. The zero-order valence-corrected chi connectivity index (χ0v) is 10.7. The van der Waals surface area contributed by atoms with Crippen LogP contribution in [0.2, 0.25) is 0 Å². The summed E-state index contributed by atoms with van der Waals surface area (Å²) in [5, 5.41) is 0. The highest BCUT2D eigenvalue weighted by Crippen LogP contribution is 2.31. The number of carbonyl (C=O) groups excluding carboxylic acids is 2. The van der Waals surface area contributed by atoms with Gasteiger partial charge in [-0.15, -0.1) is 0 Å². The maximum Gasteiger partial charge on any atom is 0.266 e. The van der Waals surface area contributed by atoms with Crippen LogP contribution in [0.5, 0.6) is 0 Å². The van der Waals surface area contributed by atoms with Crippen LogP contribution in [0.15, 0.2) is 48.5 Å². The number of allylic oxidation sites excluding steroid dienone is 1. The Balaban J connectivity index is 1.82. The van der Waals surface area contributed by atoms with Crippen LogP contribution in [-0.2, 0) is 6.42 Å². The molecule has 3 nitrogen and oxygen atoms in total. The Morgan fingerprint density at radius 2 is 1.60 bits per heavy atom. The van der Waals surface area contributed by atoms with Crippen molar-refractivity contribution in [1.29, 1.82) is 0 Å². The van der Waals surface area contributed by atoms with E-state index in [0.717, 1.165) is 17.5 Å². The first-order valence-electron chi connectivity index (χ1n) is 6.53. The largest absolute Gasteiger partial charge is 0.268 e. The van der Waals surface area contributed by atoms with Crippen LogP contribution in [-0.4, -0.2) is 11.8 Å². The molecule has 0 atom stereocenters. The highest BCUT2D eigenvalue weighted by Gasteiger charge is 2.36. The summed E-state index contributed by atoms with van der Waals surface area (Å²) < 4.78 is 0. The number of nitrogens with zero attached hydrogens (tertiary/aromatic N) is 1. The van der Waals surface area contributed by atoms with Gasteiger partial charge in [-0.1, -0.05) is 30.4 Å². The Morgan fingerprint density at radius 3 is 2.30 bits per heavy atom. The first kappa shape index (κ1) is 11.2. The van der Waals surface area contributed by atoms with Crippen LogP contribution in [0, 0.1) is 0 Å². The van der Waals surface area contributed by atoms with Crippen molar-refractivity contribution < 1.29 is 9.59 Å². The van der Waals surface area contributed by atoms with Gasteiger partial charge in [-0.05, 0) is 41.8 Å². The van der Waals surface area contributed by atoms with E-state index in [9.17, 15) is 9.59 Å². The van der Waals surface area contributed by atoms with Crippen LogP contribution in [0.1, 0.15) is 31.8 Å². The predicted octanol–water partition coefficient (Wildman–Crippen LogP) is 3.06. The Morgan fingerprint density at radius 1 is 0.900 bits per heavy atom. The van der Waals surface area contributed by atoms with Crippen molar-refractivity contribution in [2.75, 3.05) is 4.90 Å².